The summed E-state index contributed by atoms with van der Waals surface area (Å²) >= 11 is 0. The highest BCUT2D eigenvalue weighted by molar-refractivity contribution is 5.77. The first-order valence-corrected chi connectivity index (χ1v) is 8.25. The summed E-state index contributed by atoms with van der Waals surface area (Å²) in [7, 11) is 0. The van der Waals surface area contributed by atoms with E-state index in [2.05, 4.69) is 71.2 Å². The minimum Gasteiger partial charge on any atom is -0.318 e. The zero-order valence-electron chi connectivity index (χ0n) is 15.7. The molecule has 2 nitrogen and oxygen atoms in total. The zero-order valence-corrected chi connectivity index (χ0v) is 15.7. The molecule has 0 aliphatic heterocycles. The second-order valence-corrected chi connectivity index (χ2v) is 8.55. The van der Waals surface area contributed by atoms with Crippen LogP contribution in [0.5, 0.6) is 0 Å². The Labute approximate surface area is 140 Å². The van der Waals surface area contributed by atoms with Gasteiger partial charge in [0.1, 0.15) is 0 Å². The van der Waals surface area contributed by atoms with Crippen LogP contribution in [-0.4, -0.2) is 10.9 Å². The first kappa shape index (κ1) is 17.5. The zero-order chi connectivity index (χ0) is 17.6. The molecule has 0 bridgehead atoms. The highest BCUT2D eigenvalue weighted by Crippen LogP contribution is 2.32. The average molecular weight is 311 g/mol. The summed E-state index contributed by atoms with van der Waals surface area (Å²) in [5.74, 6) is 0. The van der Waals surface area contributed by atoms with Crippen LogP contribution in [-0.2, 0) is 10.8 Å². The highest BCUT2D eigenvalue weighted by atomic mass is 16.1. The number of hydrogen-bond acceptors (Lipinski definition) is 1. The van der Waals surface area contributed by atoms with Crippen molar-refractivity contribution >= 4 is 6.29 Å². The molecule has 0 amide bonds. The third-order valence-electron chi connectivity index (χ3n) is 4.51. The van der Waals surface area contributed by atoms with Crippen LogP contribution in [0.3, 0.4) is 0 Å². The fraction of sp³-hybridized carbons (Fsp3) is 0.476. The van der Waals surface area contributed by atoms with Crippen LogP contribution in [0.4, 0.5) is 0 Å². The van der Waals surface area contributed by atoms with Gasteiger partial charge in [0, 0.05) is 22.6 Å². The number of carbonyl (C=O) groups is 1. The fourth-order valence-electron chi connectivity index (χ4n) is 2.91. The second-order valence-electron chi connectivity index (χ2n) is 8.55. The van der Waals surface area contributed by atoms with Crippen molar-refractivity contribution in [3.63, 3.8) is 0 Å². The number of nitrogens with zero attached hydrogens (tertiary/aromatic N) is 1. The van der Waals surface area contributed by atoms with Crippen molar-refractivity contribution in [1.82, 2.24) is 4.57 Å². The van der Waals surface area contributed by atoms with Gasteiger partial charge >= 0.3 is 0 Å². The van der Waals surface area contributed by atoms with Gasteiger partial charge in [-0.15, -0.1) is 0 Å². The van der Waals surface area contributed by atoms with Gasteiger partial charge in [-0.1, -0.05) is 47.6 Å². The number of hydrogen-bond donors (Lipinski definition) is 0. The molecule has 0 atom stereocenters. The highest BCUT2D eigenvalue weighted by Gasteiger charge is 2.22. The van der Waals surface area contributed by atoms with Gasteiger partial charge in [-0.25, -0.2) is 0 Å². The van der Waals surface area contributed by atoms with Gasteiger partial charge in [0.05, 0.1) is 0 Å². The molecule has 0 unspecified atom stereocenters. The normalized spacial score (nSPS) is 12.5. The Kier molecular flexibility index (Phi) is 4.32. The molecule has 0 aliphatic carbocycles. The van der Waals surface area contributed by atoms with Gasteiger partial charge in [0.2, 0.25) is 0 Å². The lowest BCUT2D eigenvalue weighted by molar-refractivity contribution is 0.112. The van der Waals surface area contributed by atoms with E-state index in [4.69, 9.17) is 0 Å². The molecule has 0 saturated carbocycles. The van der Waals surface area contributed by atoms with Crippen LogP contribution < -0.4 is 0 Å². The first-order chi connectivity index (χ1) is 10.4. The number of benzene rings is 1. The lowest BCUT2D eigenvalue weighted by Crippen LogP contribution is -2.17. The first-order valence-electron chi connectivity index (χ1n) is 8.25. The lowest BCUT2D eigenvalue weighted by atomic mass is 9.80. The van der Waals surface area contributed by atoms with E-state index in [1.54, 1.807) is 0 Å². The predicted octanol–water partition coefficient (Wildman–Crippen LogP) is 5.50. The molecular formula is C21H29NO. The molecule has 23 heavy (non-hydrogen) atoms. The third kappa shape index (κ3) is 3.41. The van der Waals surface area contributed by atoms with Crippen LogP contribution in [0, 0.1) is 13.8 Å². The van der Waals surface area contributed by atoms with Crippen molar-refractivity contribution in [1.29, 1.82) is 0 Å². The Morgan fingerprint density at radius 2 is 1.30 bits per heavy atom. The lowest BCUT2D eigenvalue weighted by Gasteiger charge is -2.27. The molecule has 0 spiro atoms. The maximum Gasteiger partial charge on any atom is 0.151 e. The molecule has 1 heterocycles. The summed E-state index contributed by atoms with van der Waals surface area (Å²) in [5.41, 5.74) is 6.81. The number of aldehydes is 1. The van der Waals surface area contributed by atoms with Gasteiger partial charge in [0.25, 0.3) is 0 Å². The van der Waals surface area contributed by atoms with Gasteiger partial charge in [0.15, 0.2) is 6.29 Å². The van der Waals surface area contributed by atoms with Crippen LogP contribution >= 0.6 is 0 Å². The maximum absolute atomic E-state index is 11.3. The van der Waals surface area contributed by atoms with Crippen LogP contribution in [0.25, 0.3) is 5.69 Å². The quantitative estimate of drug-likeness (QED) is 0.671. The van der Waals surface area contributed by atoms with Gasteiger partial charge in [-0.2, -0.15) is 0 Å². The summed E-state index contributed by atoms with van der Waals surface area (Å²) in [6.07, 6.45) is 0.942. The molecule has 0 radical (unpaired) electrons. The van der Waals surface area contributed by atoms with E-state index < -0.39 is 0 Å². The Hall–Kier alpha value is -1.83. The Bertz CT molecular complexity index is 704. The van der Waals surface area contributed by atoms with Crippen LogP contribution in [0.1, 0.15) is 74.4 Å². The molecule has 2 heteroatoms. The standard InChI is InChI=1S/C21H29NO/c1-14-9-16(13-23)15(2)22(14)19-11-17(20(3,4)5)10-18(12-19)21(6,7)8/h9-13H,1-8H3. The van der Waals surface area contributed by atoms with Crippen LogP contribution in [0.2, 0.25) is 0 Å². The van der Waals surface area contributed by atoms with Gasteiger partial charge < -0.3 is 4.57 Å². The van der Waals surface area contributed by atoms with E-state index in [1.165, 1.54) is 11.1 Å². The average Bonchev–Trinajstić information content (AvgIpc) is 2.71. The smallest absolute Gasteiger partial charge is 0.151 e. The molecular weight excluding hydrogens is 282 g/mol. The van der Waals surface area contributed by atoms with Crippen molar-refractivity contribution in [3.05, 3.63) is 52.3 Å². The molecule has 124 valence electrons. The van der Waals surface area contributed by atoms with E-state index in [9.17, 15) is 4.79 Å². The summed E-state index contributed by atoms with van der Waals surface area (Å²) < 4.78 is 2.19. The van der Waals surface area contributed by atoms with E-state index in [1.807, 2.05) is 13.0 Å². The molecule has 1 aromatic heterocycles. The largest absolute Gasteiger partial charge is 0.318 e. The summed E-state index contributed by atoms with van der Waals surface area (Å²) in [4.78, 5) is 11.3. The SMILES string of the molecule is Cc1cc(C=O)c(C)n1-c1cc(C(C)(C)C)cc(C(C)(C)C)c1. The Morgan fingerprint density at radius 1 is 0.826 bits per heavy atom. The number of rotatable bonds is 2. The molecule has 0 saturated heterocycles. The van der Waals surface area contributed by atoms with Crippen LogP contribution in [0.15, 0.2) is 24.3 Å². The Morgan fingerprint density at radius 3 is 1.65 bits per heavy atom. The van der Waals surface area contributed by atoms with E-state index in [-0.39, 0.29) is 10.8 Å². The number of carbonyl (C=O) groups excluding carboxylic acids is 1. The minimum atomic E-state index is 0.0818. The van der Waals surface area contributed by atoms with Crippen molar-refractivity contribution in [2.45, 2.75) is 66.2 Å². The van der Waals surface area contributed by atoms with Crippen molar-refractivity contribution in [3.8, 4) is 5.69 Å². The predicted molar refractivity (Wildman–Crippen MR) is 98.0 cm³/mol. The molecule has 1 aromatic carbocycles. The molecule has 0 N–H and O–H groups in total. The van der Waals surface area contributed by atoms with E-state index in [0.29, 0.717) is 0 Å². The summed E-state index contributed by atoms with van der Waals surface area (Å²) in [5, 5.41) is 0. The maximum atomic E-state index is 11.3. The topological polar surface area (TPSA) is 22.0 Å². The van der Waals surface area contributed by atoms with E-state index >= 15 is 0 Å². The summed E-state index contributed by atoms with van der Waals surface area (Å²) in [6.45, 7) is 17.5. The summed E-state index contributed by atoms with van der Waals surface area (Å²) in [6, 6.07) is 8.79. The van der Waals surface area contributed by atoms with Crippen molar-refractivity contribution in [2.75, 3.05) is 0 Å². The molecule has 2 rings (SSSR count). The molecule has 2 aromatic rings. The fourth-order valence-corrected chi connectivity index (χ4v) is 2.91. The van der Waals surface area contributed by atoms with Crippen molar-refractivity contribution in [2.24, 2.45) is 0 Å². The number of aromatic nitrogens is 1. The monoisotopic (exact) mass is 311 g/mol. The Balaban J connectivity index is 2.77. The van der Waals surface area contributed by atoms with Crippen molar-refractivity contribution < 1.29 is 4.79 Å². The second kappa shape index (κ2) is 5.67. The number of aryl methyl sites for hydroxylation is 1. The van der Waals surface area contributed by atoms with Gasteiger partial charge in [-0.3, -0.25) is 4.79 Å². The molecule has 0 aliphatic rings. The van der Waals surface area contributed by atoms with Gasteiger partial charge in [-0.05, 0) is 54.0 Å². The van der Waals surface area contributed by atoms with E-state index in [0.717, 1.165) is 28.9 Å². The minimum absolute atomic E-state index is 0.0818. The third-order valence-corrected chi connectivity index (χ3v) is 4.51. The molecule has 0 fully saturated rings.